The second kappa shape index (κ2) is 4.67. The molecular formula is C13H21NS. The summed E-state index contributed by atoms with van der Waals surface area (Å²) in [5.41, 5.74) is 0. The van der Waals surface area contributed by atoms with E-state index in [0.29, 0.717) is 12.1 Å². The summed E-state index contributed by atoms with van der Waals surface area (Å²) in [7, 11) is 0. The van der Waals surface area contributed by atoms with Crippen LogP contribution in [0.4, 0.5) is 0 Å². The molecule has 0 aromatic carbocycles. The fraction of sp³-hybridized carbons (Fsp3) is 0.692. The lowest BCUT2D eigenvalue weighted by molar-refractivity contribution is 0.445. The summed E-state index contributed by atoms with van der Waals surface area (Å²) in [6.45, 7) is 6.83. The van der Waals surface area contributed by atoms with Crippen LogP contribution in [0, 0.1) is 5.92 Å². The minimum Gasteiger partial charge on any atom is -0.307 e. The number of aryl methyl sites for hydroxylation is 1. The number of hydrogen-bond donors (Lipinski definition) is 1. The maximum Gasteiger partial charge on any atom is 0.0388 e. The van der Waals surface area contributed by atoms with Crippen LogP contribution in [-0.4, -0.2) is 6.04 Å². The normalized spacial score (nSPS) is 20.2. The van der Waals surface area contributed by atoms with Gasteiger partial charge in [-0.3, -0.25) is 0 Å². The van der Waals surface area contributed by atoms with Crippen LogP contribution < -0.4 is 5.32 Å². The van der Waals surface area contributed by atoms with Gasteiger partial charge in [0.2, 0.25) is 0 Å². The maximum absolute atomic E-state index is 3.71. The van der Waals surface area contributed by atoms with E-state index < -0.39 is 0 Å². The van der Waals surface area contributed by atoms with Crippen molar-refractivity contribution < 1.29 is 0 Å². The molecular weight excluding hydrogens is 202 g/mol. The molecule has 1 saturated carbocycles. The van der Waals surface area contributed by atoms with Gasteiger partial charge in [0, 0.05) is 21.8 Å². The van der Waals surface area contributed by atoms with Gasteiger partial charge in [-0.05, 0) is 51.2 Å². The lowest BCUT2D eigenvalue weighted by Crippen LogP contribution is -2.30. The molecule has 2 atom stereocenters. The highest BCUT2D eigenvalue weighted by atomic mass is 32.1. The summed E-state index contributed by atoms with van der Waals surface area (Å²) in [4.78, 5) is 2.98. The van der Waals surface area contributed by atoms with Gasteiger partial charge >= 0.3 is 0 Å². The quantitative estimate of drug-likeness (QED) is 0.801. The van der Waals surface area contributed by atoms with Crippen molar-refractivity contribution in [2.45, 2.75) is 52.1 Å². The Bertz CT molecular complexity index is 314. The Morgan fingerprint density at radius 3 is 2.67 bits per heavy atom. The molecule has 2 rings (SSSR count). The van der Waals surface area contributed by atoms with E-state index in [-0.39, 0.29) is 0 Å². The Morgan fingerprint density at radius 2 is 2.13 bits per heavy atom. The first-order chi connectivity index (χ1) is 7.20. The first-order valence-corrected chi connectivity index (χ1v) is 6.87. The molecule has 0 spiro atoms. The second-order valence-electron chi connectivity index (χ2n) is 4.67. The Kier molecular flexibility index (Phi) is 3.47. The van der Waals surface area contributed by atoms with Crippen molar-refractivity contribution in [1.29, 1.82) is 0 Å². The molecule has 2 unspecified atom stereocenters. The zero-order valence-corrected chi connectivity index (χ0v) is 10.7. The van der Waals surface area contributed by atoms with Crippen molar-refractivity contribution in [3.63, 3.8) is 0 Å². The minimum absolute atomic E-state index is 0.519. The molecule has 1 aromatic rings. The van der Waals surface area contributed by atoms with E-state index in [1.807, 2.05) is 11.3 Å². The van der Waals surface area contributed by atoms with Gasteiger partial charge in [0.15, 0.2) is 0 Å². The fourth-order valence-corrected chi connectivity index (χ4v) is 2.99. The zero-order chi connectivity index (χ0) is 10.8. The molecule has 0 aliphatic heterocycles. The molecule has 84 valence electrons. The van der Waals surface area contributed by atoms with Gasteiger partial charge in [0.25, 0.3) is 0 Å². The van der Waals surface area contributed by atoms with Gasteiger partial charge in [-0.25, -0.2) is 0 Å². The summed E-state index contributed by atoms with van der Waals surface area (Å²) < 4.78 is 0. The van der Waals surface area contributed by atoms with Gasteiger partial charge < -0.3 is 5.32 Å². The molecule has 0 bridgehead atoms. The van der Waals surface area contributed by atoms with E-state index in [1.54, 1.807) is 0 Å². The van der Waals surface area contributed by atoms with Crippen LogP contribution in [0.5, 0.6) is 0 Å². The summed E-state index contributed by atoms with van der Waals surface area (Å²) in [6.07, 6.45) is 4.01. The molecule has 1 aliphatic carbocycles. The number of hydrogen-bond acceptors (Lipinski definition) is 2. The van der Waals surface area contributed by atoms with Gasteiger partial charge in [-0.2, -0.15) is 0 Å². The average molecular weight is 223 g/mol. The molecule has 1 N–H and O–H groups in total. The predicted octanol–water partition coefficient (Wildman–Crippen LogP) is 3.76. The summed E-state index contributed by atoms with van der Waals surface area (Å²) in [5.74, 6) is 0.943. The molecule has 1 aliphatic rings. The fourth-order valence-electron chi connectivity index (χ4n) is 2.03. The Balaban J connectivity index is 1.91. The number of nitrogens with one attached hydrogen (secondary N) is 1. The standard InChI is InChI=1S/C13H21NS/c1-4-12-7-8-13(15-12)10(3)14-9(2)11-5-6-11/h7-11,14H,4-6H2,1-3H3. The molecule has 1 nitrogen and oxygen atoms in total. The van der Waals surface area contributed by atoms with Gasteiger partial charge in [0.1, 0.15) is 0 Å². The lowest BCUT2D eigenvalue weighted by Gasteiger charge is -2.18. The lowest BCUT2D eigenvalue weighted by atomic mass is 10.1. The van der Waals surface area contributed by atoms with E-state index in [4.69, 9.17) is 0 Å². The number of rotatable bonds is 5. The topological polar surface area (TPSA) is 12.0 Å². The Hall–Kier alpha value is -0.340. The summed E-state index contributed by atoms with van der Waals surface area (Å²) >= 11 is 1.95. The smallest absolute Gasteiger partial charge is 0.0388 e. The van der Waals surface area contributed by atoms with Crippen LogP contribution in [-0.2, 0) is 6.42 Å². The van der Waals surface area contributed by atoms with Crippen molar-refractivity contribution >= 4 is 11.3 Å². The van der Waals surface area contributed by atoms with Crippen molar-refractivity contribution in [2.24, 2.45) is 5.92 Å². The minimum atomic E-state index is 0.519. The predicted molar refractivity (Wildman–Crippen MR) is 67.4 cm³/mol. The summed E-state index contributed by atoms with van der Waals surface area (Å²) in [6, 6.07) is 5.75. The Labute approximate surface area is 96.9 Å². The van der Waals surface area contributed by atoms with Crippen molar-refractivity contribution in [2.75, 3.05) is 0 Å². The van der Waals surface area contributed by atoms with E-state index >= 15 is 0 Å². The molecule has 0 saturated heterocycles. The second-order valence-corrected chi connectivity index (χ2v) is 5.87. The van der Waals surface area contributed by atoms with E-state index in [2.05, 4.69) is 38.2 Å². The molecule has 1 heterocycles. The molecule has 2 heteroatoms. The van der Waals surface area contributed by atoms with Crippen LogP contribution in [0.15, 0.2) is 12.1 Å². The van der Waals surface area contributed by atoms with Crippen LogP contribution in [0.2, 0.25) is 0 Å². The van der Waals surface area contributed by atoms with Crippen molar-refractivity contribution in [3.05, 3.63) is 21.9 Å². The third-order valence-electron chi connectivity index (χ3n) is 3.30. The molecule has 0 amide bonds. The number of thiophene rings is 1. The highest BCUT2D eigenvalue weighted by Gasteiger charge is 2.28. The average Bonchev–Trinajstić information content (AvgIpc) is 2.96. The summed E-state index contributed by atoms with van der Waals surface area (Å²) in [5, 5.41) is 3.71. The first-order valence-electron chi connectivity index (χ1n) is 6.05. The molecule has 1 fully saturated rings. The van der Waals surface area contributed by atoms with Crippen LogP contribution in [0.1, 0.15) is 49.4 Å². The third-order valence-corrected chi connectivity index (χ3v) is 4.71. The van der Waals surface area contributed by atoms with Crippen molar-refractivity contribution in [1.82, 2.24) is 5.32 Å². The van der Waals surface area contributed by atoms with E-state index in [0.717, 1.165) is 12.3 Å². The van der Waals surface area contributed by atoms with Gasteiger partial charge in [0.05, 0.1) is 0 Å². The largest absolute Gasteiger partial charge is 0.307 e. The van der Waals surface area contributed by atoms with Crippen LogP contribution >= 0.6 is 11.3 Å². The highest BCUT2D eigenvalue weighted by molar-refractivity contribution is 7.12. The van der Waals surface area contributed by atoms with Gasteiger partial charge in [-0.1, -0.05) is 6.92 Å². The highest BCUT2D eigenvalue weighted by Crippen LogP contribution is 2.34. The maximum atomic E-state index is 3.71. The SMILES string of the molecule is CCc1ccc(C(C)NC(C)C2CC2)s1. The van der Waals surface area contributed by atoms with Crippen LogP contribution in [0.25, 0.3) is 0 Å². The van der Waals surface area contributed by atoms with E-state index in [9.17, 15) is 0 Å². The zero-order valence-electron chi connectivity index (χ0n) is 9.92. The van der Waals surface area contributed by atoms with Crippen molar-refractivity contribution in [3.8, 4) is 0 Å². The molecule has 1 aromatic heterocycles. The first kappa shape index (κ1) is 11.2. The Morgan fingerprint density at radius 1 is 1.40 bits per heavy atom. The molecule has 15 heavy (non-hydrogen) atoms. The third kappa shape index (κ3) is 2.82. The molecule has 0 radical (unpaired) electrons. The monoisotopic (exact) mass is 223 g/mol. The van der Waals surface area contributed by atoms with E-state index in [1.165, 1.54) is 22.6 Å². The van der Waals surface area contributed by atoms with Gasteiger partial charge in [-0.15, -0.1) is 11.3 Å². The van der Waals surface area contributed by atoms with Crippen LogP contribution in [0.3, 0.4) is 0 Å².